The number of benzene rings is 3. The lowest BCUT2D eigenvalue weighted by atomic mass is 10.0. The van der Waals surface area contributed by atoms with E-state index in [4.69, 9.17) is 23.2 Å². The van der Waals surface area contributed by atoms with Gasteiger partial charge in [0.2, 0.25) is 21.8 Å². The van der Waals surface area contributed by atoms with Crippen LogP contribution in [0.5, 0.6) is 0 Å². The van der Waals surface area contributed by atoms with Gasteiger partial charge in [0.1, 0.15) is 12.6 Å². The van der Waals surface area contributed by atoms with Crippen LogP contribution in [0.25, 0.3) is 0 Å². The van der Waals surface area contributed by atoms with Gasteiger partial charge in [0.25, 0.3) is 0 Å². The molecule has 7 nitrogen and oxygen atoms in total. The summed E-state index contributed by atoms with van der Waals surface area (Å²) in [6.45, 7) is -0.511. The number of anilines is 1. The molecule has 0 aromatic heterocycles. The number of nitrogens with zero attached hydrogens (tertiary/aromatic N) is 2. The number of sulfonamides is 1. The van der Waals surface area contributed by atoms with Gasteiger partial charge >= 0.3 is 0 Å². The maximum absolute atomic E-state index is 14.2. The summed E-state index contributed by atoms with van der Waals surface area (Å²) in [5, 5.41) is 3.93. The number of halogens is 3. The first kappa shape index (κ1) is 31.3. The zero-order valence-corrected chi connectivity index (χ0v) is 26.5. The first-order valence-electron chi connectivity index (χ1n) is 13.3. The molecule has 0 aliphatic heterocycles. The predicted molar refractivity (Wildman–Crippen MR) is 168 cm³/mol. The summed E-state index contributed by atoms with van der Waals surface area (Å²) in [5.41, 5.74) is 1.78. The molecular weight excluding hydrogens is 649 g/mol. The third kappa shape index (κ3) is 8.70. The zero-order valence-electron chi connectivity index (χ0n) is 22.6. The molecule has 2 amide bonds. The van der Waals surface area contributed by atoms with Gasteiger partial charge < -0.3 is 10.2 Å². The molecule has 0 bridgehead atoms. The Morgan fingerprint density at radius 2 is 1.71 bits per heavy atom. The van der Waals surface area contributed by atoms with E-state index in [9.17, 15) is 18.0 Å². The average molecular weight is 681 g/mol. The van der Waals surface area contributed by atoms with E-state index in [0.29, 0.717) is 25.8 Å². The third-order valence-corrected chi connectivity index (χ3v) is 9.32. The summed E-state index contributed by atoms with van der Waals surface area (Å²) >= 11 is 16.0. The highest BCUT2D eigenvalue weighted by molar-refractivity contribution is 9.10. The molecule has 0 radical (unpaired) electrons. The summed E-state index contributed by atoms with van der Waals surface area (Å²) < 4.78 is 27.5. The second-order valence-electron chi connectivity index (χ2n) is 10.2. The molecular formula is C30H32BrCl2N3O4S. The fraction of sp³-hybridized carbons (Fsp3) is 0.333. The van der Waals surface area contributed by atoms with Crippen molar-refractivity contribution in [3.63, 3.8) is 0 Å². The van der Waals surface area contributed by atoms with Crippen molar-refractivity contribution < 1.29 is 18.0 Å². The standard InChI is InChI=1S/C30H32BrCl2N3O4S/c1-41(39,40)36(26-13-7-10-23(31)17-26)20-29(37)35(19-22-14-15-24(32)18-27(22)33)28(16-21-8-3-2-4-9-21)30(38)34-25-11-5-6-12-25/h2-4,7-10,13-15,17-18,25,28H,5-6,11-12,16,19-20H2,1H3,(H,34,38)/t28-/m0/s1. The highest BCUT2D eigenvalue weighted by atomic mass is 79.9. The Hall–Kier alpha value is -2.59. The van der Waals surface area contributed by atoms with E-state index in [0.717, 1.165) is 41.8 Å². The Balaban J connectivity index is 1.74. The Bertz CT molecular complexity index is 1480. The molecule has 1 aliphatic rings. The van der Waals surface area contributed by atoms with Crippen LogP contribution in [0, 0.1) is 0 Å². The molecule has 218 valence electrons. The number of nitrogens with one attached hydrogen (secondary N) is 1. The summed E-state index contributed by atoms with van der Waals surface area (Å²) in [6.07, 6.45) is 5.12. The normalized spacial score (nSPS) is 14.4. The van der Waals surface area contributed by atoms with Gasteiger partial charge in [-0.15, -0.1) is 0 Å². The van der Waals surface area contributed by atoms with Gasteiger partial charge in [-0.3, -0.25) is 13.9 Å². The average Bonchev–Trinajstić information content (AvgIpc) is 3.43. The number of carbonyl (C=O) groups excluding carboxylic acids is 2. The molecule has 41 heavy (non-hydrogen) atoms. The molecule has 3 aromatic carbocycles. The minimum atomic E-state index is -3.85. The highest BCUT2D eigenvalue weighted by Gasteiger charge is 2.34. The van der Waals surface area contributed by atoms with Crippen molar-refractivity contribution >= 4 is 66.7 Å². The monoisotopic (exact) mass is 679 g/mol. The summed E-state index contributed by atoms with van der Waals surface area (Å²) in [5.74, 6) is -0.823. The van der Waals surface area contributed by atoms with Crippen molar-refractivity contribution in [3.05, 3.63) is 98.4 Å². The Kier molecular flexibility index (Phi) is 10.7. The fourth-order valence-corrected chi connectivity index (χ4v) is 6.70. The maximum atomic E-state index is 14.2. The third-order valence-electron chi connectivity index (χ3n) is 7.10. The molecule has 0 unspecified atom stereocenters. The number of hydrogen-bond donors (Lipinski definition) is 1. The van der Waals surface area contributed by atoms with Crippen LogP contribution in [0.1, 0.15) is 36.8 Å². The maximum Gasteiger partial charge on any atom is 0.244 e. The lowest BCUT2D eigenvalue weighted by Crippen LogP contribution is -2.54. The first-order valence-corrected chi connectivity index (χ1v) is 16.7. The van der Waals surface area contributed by atoms with Gasteiger partial charge in [-0.05, 0) is 54.3 Å². The quantitative estimate of drug-likeness (QED) is 0.261. The van der Waals surface area contributed by atoms with Crippen molar-refractivity contribution in [3.8, 4) is 0 Å². The summed E-state index contributed by atoms with van der Waals surface area (Å²) in [7, 11) is -3.85. The molecule has 1 atom stereocenters. The molecule has 11 heteroatoms. The van der Waals surface area contributed by atoms with Gasteiger partial charge in [0, 0.05) is 33.5 Å². The Morgan fingerprint density at radius 1 is 1.00 bits per heavy atom. The number of hydrogen-bond acceptors (Lipinski definition) is 4. The SMILES string of the molecule is CS(=O)(=O)N(CC(=O)N(Cc1ccc(Cl)cc1Cl)[C@@H](Cc1ccccc1)C(=O)NC1CCCC1)c1cccc(Br)c1. The van der Waals surface area contributed by atoms with Crippen molar-refractivity contribution in [2.75, 3.05) is 17.1 Å². The topological polar surface area (TPSA) is 86.8 Å². The lowest BCUT2D eigenvalue weighted by Gasteiger charge is -2.34. The van der Waals surface area contributed by atoms with Gasteiger partial charge in [0.05, 0.1) is 11.9 Å². The highest BCUT2D eigenvalue weighted by Crippen LogP contribution is 2.27. The van der Waals surface area contributed by atoms with Gasteiger partial charge in [-0.25, -0.2) is 8.42 Å². The van der Waals surface area contributed by atoms with Crippen LogP contribution < -0.4 is 9.62 Å². The van der Waals surface area contributed by atoms with E-state index in [1.165, 1.54) is 4.90 Å². The van der Waals surface area contributed by atoms with E-state index in [1.54, 1.807) is 42.5 Å². The summed E-state index contributed by atoms with van der Waals surface area (Å²) in [6, 6.07) is 20.2. The smallest absolute Gasteiger partial charge is 0.244 e. The fourth-order valence-electron chi connectivity index (χ4n) is 5.00. The van der Waals surface area contributed by atoms with E-state index >= 15 is 0 Å². The molecule has 1 fully saturated rings. The van der Waals surface area contributed by atoms with Crippen molar-refractivity contribution in [1.29, 1.82) is 0 Å². The van der Waals surface area contributed by atoms with E-state index in [-0.39, 0.29) is 24.9 Å². The van der Waals surface area contributed by atoms with Gasteiger partial charge in [-0.2, -0.15) is 0 Å². The van der Waals surface area contributed by atoms with Gasteiger partial charge in [0.15, 0.2) is 0 Å². The molecule has 0 heterocycles. The molecule has 1 aliphatic carbocycles. The number of rotatable bonds is 11. The van der Waals surface area contributed by atoms with Crippen molar-refractivity contribution in [2.24, 2.45) is 0 Å². The van der Waals surface area contributed by atoms with Gasteiger partial charge in [-0.1, -0.05) is 94.4 Å². The Labute approximate surface area is 260 Å². The Morgan fingerprint density at radius 3 is 2.34 bits per heavy atom. The molecule has 4 rings (SSSR count). The minimum absolute atomic E-state index is 0.0134. The number of carbonyl (C=O) groups is 2. The van der Waals surface area contributed by atoms with E-state index in [1.807, 2.05) is 30.3 Å². The molecule has 3 aromatic rings. The molecule has 1 saturated carbocycles. The summed E-state index contributed by atoms with van der Waals surface area (Å²) in [4.78, 5) is 29.5. The minimum Gasteiger partial charge on any atom is -0.352 e. The number of amides is 2. The van der Waals surface area contributed by atoms with Crippen LogP contribution in [-0.2, 0) is 32.6 Å². The first-order chi connectivity index (χ1) is 19.5. The second kappa shape index (κ2) is 14.1. The second-order valence-corrected chi connectivity index (χ2v) is 13.9. The largest absolute Gasteiger partial charge is 0.352 e. The predicted octanol–water partition coefficient (Wildman–Crippen LogP) is 6.22. The van der Waals surface area contributed by atoms with Crippen LogP contribution in [0.4, 0.5) is 5.69 Å². The molecule has 0 spiro atoms. The van der Waals surface area contributed by atoms with Crippen LogP contribution in [0.2, 0.25) is 10.0 Å². The van der Waals surface area contributed by atoms with E-state index in [2.05, 4.69) is 21.2 Å². The molecule has 0 saturated heterocycles. The lowest BCUT2D eigenvalue weighted by molar-refractivity contribution is -0.140. The van der Waals surface area contributed by atoms with Crippen molar-refractivity contribution in [2.45, 2.75) is 50.7 Å². The van der Waals surface area contributed by atoms with Crippen LogP contribution >= 0.6 is 39.1 Å². The van der Waals surface area contributed by atoms with Crippen LogP contribution in [0.15, 0.2) is 77.3 Å². The van der Waals surface area contributed by atoms with Crippen LogP contribution in [0.3, 0.4) is 0 Å². The van der Waals surface area contributed by atoms with Crippen LogP contribution in [-0.4, -0.2) is 50.0 Å². The van der Waals surface area contributed by atoms with E-state index < -0.39 is 28.5 Å². The van der Waals surface area contributed by atoms with Crippen molar-refractivity contribution in [1.82, 2.24) is 10.2 Å². The molecule has 1 N–H and O–H groups in total. The zero-order chi connectivity index (χ0) is 29.6.